The summed E-state index contributed by atoms with van der Waals surface area (Å²) in [6.45, 7) is 14.4. The molecule has 0 aliphatic carbocycles. The van der Waals surface area contributed by atoms with Gasteiger partial charge in [0.25, 0.3) is 5.91 Å². The molecule has 1 N–H and O–H groups in total. The van der Waals surface area contributed by atoms with E-state index in [0.717, 1.165) is 19.3 Å². The van der Waals surface area contributed by atoms with Crippen molar-refractivity contribution in [2.45, 2.75) is 59.2 Å². The van der Waals surface area contributed by atoms with Crippen molar-refractivity contribution in [1.29, 1.82) is 0 Å². The molecule has 1 unspecified atom stereocenters. The molecule has 0 saturated carbocycles. The fourth-order valence-electron chi connectivity index (χ4n) is 2.19. The van der Waals surface area contributed by atoms with Crippen molar-refractivity contribution in [2.24, 2.45) is 0 Å². The van der Waals surface area contributed by atoms with Gasteiger partial charge in [0.2, 0.25) is 0 Å². The van der Waals surface area contributed by atoms with Crippen LogP contribution in [0, 0.1) is 6.92 Å². The van der Waals surface area contributed by atoms with Crippen molar-refractivity contribution in [1.82, 2.24) is 10.3 Å². The quantitative estimate of drug-likeness (QED) is 0.487. The predicted molar refractivity (Wildman–Crippen MR) is 125 cm³/mol. The van der Waals surface area contributed by atoms with Gasteiger partial charge in [-0.05, 0) is 43.9 Å². The highest BCUT2D eigenvalue weighted by atomic mass is 19.4. The fraction of sp³-hybridized carbons (Fsp3) is 0.360. The lowest BCUT2D eigenvalue weighted by atomic mass is 10.1. The van der Waals surface area contributed by atoms with Crippen LogP contribution >= 0.6 is 0 Å². The van der Waals surface area contributed by atoms with E-state index in [0.29, 0.717) is 5.69 Å². The number of carbonyl (C=O) groups is 1. The molecule has 1 aromatic heterocycles. The highest BCUT2D eigenvalue weighted by molar-refractivity contribution is 5.92. The first-order chi connectivity index (χ1) is 14.6. The summed E-state index contributed by atoms with van der Waals surface area (Å²) in [5.74, 6) is -0.0857. The first kappa shape index (κ1) is 28.1. The molecule has 6 heteroatoms. The van der Waals surface area contributed by atoms with Crippen LogP contribution in [-0.2, 0) is 6.42 Å². The number of nitrogens with zero attached hydrogens (tertiary/aromatic N) is 1. The van der Waals surface area contributed by atoms with E-state index in [4.69, 9.17) is 0 Å². The molecule has 172 valence electrons. The Morgan fingerprint density at radius 3 is 2.26 bits per heavy atom. The molecule has 0 saturated heterocycles. The van der Waals surface area contributed by atoms with Crippen LogP contribution in [0.25, 0.3) is 6.08 Å². The van der Waals surface area contributed by atoms with Crippen LogP contribution in [0.15, 0.2) is 61.8 Å². The standard InChI is InChI=1S/C13H20N2O.C9H10.C3H3F3.H2/c1-4-6-11-7-8-12(14-9-11)13(16)15-10(3)5-2;1-3-9-6-4-5-8(2)7-9;1-2-3(4,5)6;/h7-10H,4-6H2,1-3H3,(H,15,16);3-7H,1H2,2H3;2H,1H2;1H. The number of hydrogen-bond acceptors (Lipinski definition) is 2. The van der Waals surface area contributed by atoms with Crippen molar-refractivity contribution < 1.29 is 19.4 Å². The number of pyridine rings is 1. The molecule has 0 fully saturated rings. The zero-order chi connectivity index (χ0) is 23.9. The summed E-state index contributed by atoms with van der Waals surface area (Å²) in [5.41, 5.74) is 4.16. The molecule has 0 bridgehead atoms. The molecule has 0 aliphatic heterocycles. The van der Waals surface area contributed by atoms with E-state index >= 15 is 0 Å². The van der Waals surface area contributed by atoms with E-state index in [1.807, 2.05) is 38.1 Å². The average molecular weight is 437 g/mol. The van der Waals surface area contributed by atoms with Crippen molar-refractivity contribution in [2.75, 3.05) is 0 Å². The van der Waals surface area contributed by atoms with Crippen LogP contribution in [0.5, 0.6) is 0 Å². The highest BCUT2D eigenvalue weighted by Crippen LogP contribution is 2.13. The third-order valence-corrected chi connectivity index (χ3v) is 4.10. The Bertz CT molecular complexity index is 806. The third kappa shape index (κ3) is 13.9. The third-order valence-electron chi connectivity index (χ3n) is 4.10. The molecule has 0 radical (unpaired) electrons. The molecule has 2 rings (SSSR count). The minimum Gasteiger partial charge on any atom is -0.348 e. The van der Waals surface area contributed by atoms with Gasteiger partial charge in [0.15, 0.2) is 0 Å². The van der Waals surface area contributed by atoms with Gasteiger partial charge in [0, 0.05) is 19.7 Å². The number of rotatable bonds is 6. The molecule has 1 amide bonds. The molecule has 0 spiro atoms. The summed E-state index contributed by atoms with van der Waals surface area (Å²) in [6.07, 6.45) is 2.43. The Labute approximate surface area is 185 Å². The van der Waals surface area contributed by atoms with E-state index in [2.05, 4.69) is 49.4 Å². The number of benzene rings is 1. The minimum absolute atomic E-state index is 0. The van der Waals surface area contributed by atoms with Gasteiger partial charge in [0.1, 0.15) is 5.69 Å². The van der Waals surface area contributed by atoms with Crippen molar-refractivity contribution in [3.8, 4) is 0 Å². The summed E-state index contributed by atoms with van der Waals surface area (Å²) in [5, 5.41) is 2.90. The summed E-state index contributed by atoms with van der Waals surface area (Å²) >= 11 is 0. The number of allylic oxidation sites excluding steroid dienone is 1. The average Bonchev–Trinajstić information content (AvgIpc) is 2.74. The van der Waals surface area contributed by atoms with Crippen molar-refractivity contribution in [3.05, 3.63) is 84.2 Å². The second-order valence-electron chi connectivity index (χ2n) is 6.95. The van der Waals surface area contributed by atoms with Gasteiger partial charge in [-0.1, -0.05) is 75.4 Å². The van der Waals surface area contributed by atoms with E-state index in [9.17, 15) is 18.0 Å². The maximum atomic E-state index is 11.7. The van der Waals surface area contributed by atoms with Crippen LogP contribution in [0.3, 0.4) is 0 Å². The maximum absolute atomic E-state index is 11.7. The van der Waals surface area contributed by atoms with E-state index in [1.54, 1.807) is 12.3 Å². The Balaban J connectivity index is 0. The zero-order valence-corrected chi connectivity index (χ0v) is 18.8. The molecular weight excluding hydrogens is 401 g/mol. The molecule has 1 heterocycles. The summed E-state index contributed by atoms with van der Waals surface area (Å²) in [7, 11) is 0. The summed E-state index contributed by atoms with van der Waals surface area (Å²) in [6, 6.07) is 12.2. The topological polar surface area (TPSA) is 42.0 Å². The van der Waals surface area contributed by atoms with Gasteiger partial charge >= 0.3 is 6.18 Å². The lowest BCUT2D eigenvalue weighted by Crippen LogP contribution is -2.32. The Hall–Kier alpha value is -2.89. The Morgan fingerprint density at radius 2 is 1.87 bits per heavy atom. The summed E-state index contributed by atoms with van der Waals surface area (Å²) < 4.78 is 32.0. The second kappa shape index (κ2) is 15.0. The van der Waals surface area contributed by atoms with Gasteiger partial charge in [-0.2, -0.15) is 13.2 Å². The van der Waals surface area contributed by atoms with Crippen LogP contribution in [0.1, 0.15) is 62.2 Å². The number of hydrogen-bond donors (Lipinski definition) is 1. The molecule has 0 aliphatic rings. The lowest BCUT2D eigenvalue weighted by Gasteiger charge is -2.10. The number of alkyl halides is 3. The smallest absolute Gasteiger partial charge is 0.348 e. The van der Waals surface area contributed by atoms with E-state index in [-0.39, 0.29) is 19.5 Å². The highest BCUT2D eigenvalue weighted by Gasteiger charge is 2.19. The number of carbonyl (C=O) groups excluding carboxylic acids is 1. The van der Waals surface area contributed by atoms with E-state index < -0.39 is 6.18 Å². The van der Waals surface area contributed by atoms with Gasteiger partial charge in [-0.25, -0.2) is 0 Å². The van der Waals surface area contributed by atoms with E-state index in [1.165, 1.54) is 16.7 Å². The first-order valence-corrected chi connectivity index (χ1v) is 10.2. The SMILES string of the molecule is C=CC(F)(F)F.C=Cc1cccc(C)c1.CCCc1ccc(C(=O)NC(C)CC)nc1.[HH]. The fourth-order valence-corrected chi connectivity index (χ4v) is 2.19. The summed E-state index contributed by atoms with van der Waals surface area (Å²) in [4.78, 5) is 15.9. The van der Waals surface area contributed by atoms with Gasteiger partial charge in [-0.3, -0.25) is 9.78 Å². The monoisotopic (exact) mass is 436 g/mol. The molecular formula is C25H35F3N2O. The number of nitrogens with one attached hydrogen (secondary N) is 1. The first-order valence-electron chi connectivity index (χ1n) is 10.2. The second-order valence-corrected chi connectivity index (χ2v) is 6.95. The number of aryl methyl sites for hydroxylation is 2. The Kier molecular flexibility index (Phi) is 13.6. The Morgan fingerprint density at radius 1 is 1.23 bits per heavy atom. The van der Waals surface area contributed by atoms with Crippen LogP contribution < -0.4 is 5.32 Å². The number of amides is 1. The van der Waals surface area contributed by atoms with Gasteiger partial charge in [-0.15, -0.1) is 0 Å². The van der Waals surface area contributed by atoms with Crippen LogP contribution in [0.4, 0.5) is 13.2 Å². The molecule has 1 aromatic carbocycles. The lowest BCUT2D eigenvalue weighted by molar-refractivity contribution is -0.0795. The predicted octanol–water partition coefficient (Wildman–Crippen LogP) is 7.18. The molecule has 31 heavy (non-hydrogen) atoms. The van der Waals surface area contributed by atoms with Crippen molar-refractivity contribution in [3.63, 3.8) is 0 Å². The van der Waals surface area contributed by atoms with Gasteiger partial charge < -0.3 is 5.32 Å². The van der Waals surface area contributed by atoms with Crippen molar-refractivity contribution >= 4 is 12.0 Å². The number of aromatic nitrogens is 1. The van der Waals surface area contributed by atoms with Crippen LogP contribution in [0.2, 0.25) is 0 Å². The molecule has 1 atom stereocenters. The van der Waals surface area contributed by atoms with Gasteiger partial charge in [0.05, 0.1) is 0 Å². The maximum Gasteiger partial charge on any atom is 0.409 e. The molecule has 2 aromatic rings. The zero-order valence-electron chi connectivity index (χ0n) is 18.8. The number of halogens is 3. The largest absolute Gasteiger partial charge is 0.409 e. The van der Waals surface area contributed by atoms with Crippen LogP contribution in [-0.4, -0.2) is 23.1 Å². The normalized spacial score (nSPS) is 11.1. The molecule has 3 nitrogen and oxygen atoms in total. The minimum atomic E-state index is -4.19.